The molecule has 0 saturated heterocycles. The molecule has 130 valence electrons. The van der Waals surface area contributed by atoms with E-state index in [1.165, 1.54) is 6.20 Å². The molecule has 3 aromatic heterocycles. The molecule has 0 bridgehead atoms. The van der Waals surface area contributed by atoms with Crippen molar-refractivity contribution in [1.82, 2.24) is 19.4 Å². The number of hydrogen-bond acceptors (Lipinski definition) is 6. The van der Waals surface area contributed by atoms with Crippen LogP contribution in [0.4, 0.5) is 17.3 Å². The lowest BCUT2D eigenvalue weighted by atomic mass is 10.2. The Balaban J connectivity index is 1.85. The summed E-state index contributed by atoms with van der Waals surface area (Å²) in [4.78, 5) is 26.3. The fourth-order valence-corrected chi connectivity index (χ4v) is 2.72. The van der Waals surface area contributed by atoms with Crippen molar-refractivity contribution in [3.63, 3.8) is 0 Å². The highest BCUT2D eigenvalue weighted by atomic mass is 16.4. The van der Waals surface area contributed by atoms with Crippen LogP contribution in [-0.4, -0.2) is 44.5 Å². The number of aromatic nitrogens is 4. The third kappa shape index (κ3) is 2.67. The summed E-state index contributed by atoms with van der Waals surface area (Å²) in [7, 11) is 3.95. The van der Waals surface area contributed by atoms with Gasteiger partial charge in [0.05, 0.1) is 10.9 Å². The van der Waals surface area contributed by atoms with Crippen LogP contribution < -0.4 is 10.2 Å². The van der Waals surface area contributed by atoms with Gasteiger partial charge >= 0.3 is 5.97 Å². The minimum atomic E-state index is -1.09. The molecule has 3 heterocycles. The van der Waals surface area contributed by atoms with E-state index < -0.39 is 5.97 Å². The number of carboxylic acids is 1. The minimum absolute atomic E-state index is 0.0471. The molecule has 0 aliphatic rings. The van der Waals surface area contributed by atoms with Crippen molar-refractivity contribution in [1.29, 1.82) is 0 Å². The molecule has 0 saturated carbocycles. The van der Waals surface area contributed by atoms with Crippen molar-refractivity contribution in [2.24, 2.45) is 0 Å². The van der Waals surface area contributed by atoms with Crippen LogP contribution in [-0.2, 0) is 0 Å². The molecule has 0 amide bonds. The van der Waals surface area contributed by atoms with Crippen molar-refractivity contribution in [2.75, 3.05) is 24.3 Å². The number of imidazole rings is 1. The Morgan fingerprint density at radius 2 is 1.92 bits per heavy atom. The summed E-state index contributed by atoms with van der Waals surface area (Å²) in [5.41, 5.74) is 3.04. The van der Waals surface area contributed by atoms with E-state index in [2.05, 4.69) is 20.3 Å². The highest BCUT2D eigenvalue weighted by Crippen LogP contribution is 2.24. The molecule has 0 unspecified atom stereocenters. The lowest BCUT2D eigenvalue weighted by molar-refractivity contribution is 0.0691. The summed E-state index contributed by atoms with van der Waals surface area (Å²) in [6.07, 6.45) is 4.72. The zero-order chi connectivity index (χ0) is 18.3. The highest BCUT2D eigenvalue weighted by molar-refractivity contribution is 5.95. The fraction of sp³-hybridized carbons (Fsp3) is 0.111. The number of benzene rings is 1. The van der Waals surface area contributed by atoms with E-state index in [0.717, 1.165) is 11.4 Å². The summed E-state index contributed by atoms with van der Waals surface area (Å²) >= 11 is 0. The quantitative estimate of drug-likeness (QED) is 0.585. The van der Waals surface area contributed by atoms with E-state index >= 15 is 0 Å². The third-order valence-electron chi connectivity index (χ3n) is 4.06. The normalized spacial score (nSPS) is 11.0. The van der Waals surface area contributed by atoms with Gasteiger partial charge in [0.2, 0.25) is 5.95 Å². The molecule has 8 heteroatoms. The minimum Gasteiger partial charge on any atom is -0.476 e. The Morgan fingerprint density at radius 3 is 2.62 bits per heavy atom. The number of nitrogens with one attached hydrogen (secondary N) is 1. The lowest BCUT2D eigenvalue weighted by Crippen LogP contribution is -2.08. The first-order chi connectivity index (χ1) is 12.5. The first-order valence-electron chi connectivity index (χ1n) is 7.93. The van der Waals surface area contributed by atoms with Gasteiger partial charge in [0.1, 0.15) is 0 Å². The third-order valence-corrected chi connectivity index (χ3v) is 4.06. The Hall–Kier alpha value is -3.68. The zero-order valence-corrected chi connectivity index (χ0v) is 14.2. The zero-order valence-electron chi connectivity index (χ0n) is 14.2. The summed E-state index contributed by atoms with van der Waals surface area (Å²) < 4.78 is 1.63. The Bertz CT molecular complexity index is 1120. The van der Waals surface area contributed by atoms with Crippen molar-refractivity contribution in [2.45, 2.75) is 0 Å². The predicted molar refractivity (Wildman–Crippen MR) is 99.3 cm³/mol. The topological polar surface area (TPSA) is 95.6 Å². The number of carbonyl (C=O) groups is 1. The molecule has 0 spiro atoms. The van der Waals surface area contributed by atoms with Crippen LogP contribution in [0.5, 0.6) is 0 Å². The number of hydrogen-bond donors (Lipinski definition) is 2. The lowest BCUT2D eigenvalue weighted by Gasteiger charge is -2.14. The van der Waals surface area contributed by atoms with Crippen molar-refractivity contribution in [3.8, 4) is 0 Å². The SMILES string of the molecule is CN(C)c1ccc(Nc2nc3ccncc3c3nc(C(=O)O)cn23)cc1. The maximum absolute atomic E-state index is 11.3. The Kier molecular flexibility index (Phi) is 3.65. The summed E-state index contributed by atoms with van der Waals surface area (Å²) in [6.45, 7) is 0. The largest absolute Gasteiger partial charge is 0.476 e. The van der Waals surface area contributed by atoms with Gasteiger partial charge in [-0.2, -0.15) is 0 Å². The standard InChI is InChI=1S/C18H16N6O2/c1-23(2)12-5-3-11(4-6-12)20-18-22-14-7-8-19-9-13(14)16-21-15(17(25)26)10-24(16)18/h3-10H,1-2H3,(H,20,22)(H,25,26). The molecule has 0 aliphatic carbocycles. The number of fused-ring (bicyclic) bond motifs is 3. The van der Waals surface area contributed by atoms with Gasteiger partial charge in [-0.05, 0) is 30.3 Å². The number of rotatable bonds is 4. The average Bonchev–Trinajstić information content (AvgIpc) is 3.08. The summed E-state index contributed by atoms with van der Waals surface area (Å²) in [6, 6.07) is 9.62. The molecule has 1 aromatic carbocycles. The van der Waals surface area contributed by atoms with Crippen molar-refractivity contribution in [3.05, 3.63) is 54.6 Å². The molecule has 0 fully saturated rings. The highest BCUT2D eigenvalue weighted by Gasteiger charge is 2.15. The number of nitrogens with zero attached hydrogens (tertiary/aromatic N) is 5. The molecule has 2 N–H and O–H groups in total. The number of aromatic carboxylic acids is 1. The molecule has 8 nitrogen and oxygen atoms in total. The van der Waals surface area contributed by atoms with Gasteiger partial charge < -0.3 is 15.3 Å². The average molecular weight is 348 g/mol. The van der Waals surface area contributed by atoms with E-state index in [0.29, 0.717) is 22.5 Å². The van der Waals surface area contributed by atoms with Crippen LogP contribution >= 0.6 is 0 Å². The second kappa shape index (κ2) is 5.99. The van der Waals surface area contributed by atoms with E-state index in [4.69, 9.17) is 0 Å². The maximum Gasteiger partial charge on any atom is 0.356 e. The molecule has 26 heavy (non-hydrogen) atoms. The van der Waals surface area contributed by atoms with Crippen molar-refractivity contribution < 1.29 is 9.90 Å². The maximum atomic E-state index is 11.3. The molecule has 0 radical (unpaired) electrons. The van der Waals surface area contributed by atoms with Gasteiger partial charge in [0.15, 0.2) is 11.3 Å². The van der Waals surface area contributed by atoms with E-state index in [1.807, 2.05) is 43.3 Å². The molecule has 0 aliphatic heterocycles. The van der Waals surface area contributed by atoms with Crippen molar-refractivity contribution >= 4 is 39.8 Å². The second-order valence-corrected chi connectivity index (χ2v) is 6.02. The predicted octanol–water partition coefficient (Wildman–Crippen LogP) is 2.79. The van der Waals surface area contributed by atoms with Crippen LogP contribution in [0.15, 0.2) is 48.9 Å². The van der Waals surface area contributed by atoms with Gasteiger partial charge in [-0.3, -0.25) is 9.38 Å². The van der Waals surface area contributed by atoms with Crippen LogP contribution in [0.2, 0.25) is 0 Å². The molecule has 0 atom stereocenters. The van der Waals surface area contributed by atoms with Gasteiger partial charge in [0.25, 0.3) is 0 Å². The summed E-state index contributed by atoms with van der Waals surface area (Å²) in [5, 5.41) is 13.2. The van der Waals surface area contributed by atoms with E-state index in [9.17, 15) is 9.90 Å². The molecular weight excluding hydrogens is 332 g/mol. The van der Waals surface area contributed by atoms with E-state index in [1.54, 1.807) is 22.9 Å². The van der Waals surface area contributed by atoms with Crippen LogP contribution in [0.1, 0.15) is 10.5 Å². The number of anilines is 3. The molecule has 4 aromatic rings. The Morgan fingerprint density at radius 1 is 1.15 bits per heavy atom. The van der Waals surface area contributed by atoms with Crippen LogP contribution in [0.3, 0.4) is 0 Å². The van der Waals surface area contributed by atoms with Gasteiger partial charge in [-0.1, -0.05) is 0 Å². The number of carboxylic acid groups (broad SMARTS) is 1. The van der Waals surface area contributed by atoms with E-state index in [-0.39, 0.29) is 5.69 Å². The van der Waals surface area contributed by atoms with Gasteiger partial charge in [-0.15, -0.1) is 0 Å². The monoisotopic (exact) mass is 348 g/mol. The van der Waals surface area contributed by atoms with Gasteiger partial charge in [-0.25, -0.2) is 14.8 Å². The fourth-order valence-electron chi connectivity index (χ4n) is 2.72. The van der Waals surface area contributed by atoms with Crippen LogP contribution in [0, 0.1) is 0 Å². The smallest absolute Gasteiger partial charge is 0.356 e. The van der Waals surface area contributed by atoms with Crippen LogP contribution in [0.25, 0.3) is 16.6 Å². The number of pyridine rings is 1. The van der Waals surface area contributed by atoms with Gasteiger partial charge in [0, 0.05) is 44.1 Å². The first kappa shape index (κ1) is 15.8. The second-order valence-electron chi connectivity index (χ2n) is 6.02. The molecule has 4 rings (SSSR count). The Labute approximate surface area is 148 Å². The summed E-state index contributed by atoms with van der Waals surface area (Å²) in [5.74, 6) is -0.608. The molecular formula is C18H16N6O2. The first-order valence-corrected chi connectivity index (χ1v) is 7.93.